The lowest BCUT2D eigenvalue weighted by atomic mass is 9.84. The van der Waals surface area contributed by atoms with Gasteiger partial charge in [0.25, 0.3) is 0 Å². The van der Waals surface area contributed by atoms with Crippen LogP contribution in [0.15, 0.2) is 62.6 Å². The Hall–Kier alpha value is -3.17. The van der Waals surface area contributed by atoms with Crippen LogP contribution < -0.4 is 0 Å². The topological polar surface area (TPSA) is 104 Å². The van der Waals surface area contributed by atoms with E-state index in [4.69, 9.17) is 4.42 Å². The molecular formula is C22H23N7O2. The van der Waals surface area contributed by atoms with Crippen LogP contribution in [0.4, 0.5) is 0 Å². The van der Waals surface area contributed by atoms with Gasteiger partial charge in [-0.05, 0) is 54.3 Å². The Bertz CT molecular complexity index is 1130. The molecule has 3 fully saturated rings. The number of aliphatic hydroxyl groups is 1. The van der Waals surface area contributed by atoms with Crippen molar-refractivity contribution in [1.82, 2.24) is 19.9 Å². The molecule has 3 aromatic rings. The molecule has 158 valence electrons. The molecule has 0 saturated carbocycles. The molecule has 2 atom stereocenters. The average molecular weight is 417 g/mol. The maximum Gasteiger partial charge on any atom is 0.223 e. The van der Waals surface area contributed by atoms with Crippen LogP contribution in [0.2, 0.25) is 0 Å². The summed E-state index contributed by atoms with van der Waals surface area (Å²) in [6.07, 6.45) is 7.76. The summed E-state index contributed by atoms with van der Waals surface area (Å²) in [7, 11) is 0. The van der Waals surface area contributed by atoms with E-state index in [1.807, 2.05) is 41.2 Å². The normalized spacial score (nSPS) is 29.1. The molecule has 31 heavy (non-hydrogen) atoms. The highest BCUT2D eigenvalue weighted by molar-refractivity contribution is 5.78. The fourth-order valence-corrected chi connectivity index (χ4v) is 4.93. The highest BCUT2D eigenvalue weighted by Gasteiger charge is 2.43. The summed E-state index contributed by atoms with van der Waals surface area (Å²) in [5.74, 6) is 1.24. The molecule has 2 bridgehead atoms. The number of hydrogen-bond acceptors (Lipinski definition) is 8. The fraction of sp³-hybridized carbons (Fsp3) is 0.409. The van der Waals surface area contributed by atoms with Gasteiger partial charge in [0.05, 0.1) is 31.3 Å². The van der Waals surface area contributed by atoms with Crippen molar-refractivity contribution in [3.63, 3.8) is 0 Å². The van der Waals surface area contributed by atoms with E-state index in [0.717, 1.165) is 23.2 Å². The molecule has 9 nitrogen and oxygen atoms in total. The van der Waals surface area contributed by atoms with Crippen molar-refractivity contribution in [2.75, 3.05) is 19.6 Å². The van der Waals surface area contributed by atoms with Gasteiger partial charge in [-0.15, -0.1) is 15.3 Å². The zero-order valence-corrected chi connectivity index (χ0v) is 17.0. The third kappa shape index (κ3) is 3.03. The number of piperidine rings is 3. The Morgan fingerprint density at radius 1 is 1.13 bits per heavy atom. The van der Waals surface area contributed by atoms with Gasteiger partial charge in [-0.1, -0.05) is 29.5 Å². The number of hydrogen-bond donors (Lipinski definition) is 1. The minimum Gasteiger partial charge on any atom is -0.465 e. The number of nitrogens with zero attached hydrogens (tertiary/aromatic N) is 7. The van der Waals surface area contributed by atoms with E-state index in [9.17, 15) is 5.11 Å². The number of aliphatic hydroxyl groups excluding tert-OH is 1. The molecule has 4 aliphatic rings. The molecule has 2 aromatic heterocycles. The minimum absolute atomic E-state index is 0.0200. The molecular weight excluding hydrogens is 394 g/mol. The van der Waals surface area contributed by atoms with Crippen LogP contribution in [0, 0.1) is 5.92 Å². The number of benzene rings is 1. The molecule has 9 heteroatoms. The summed E-state index contributed by atoms with van der Waals surface area (Å²) in [5, 5.41) is 30.5. The fourth-order valence-electron chi connectivity index (χ4n) is 4.93. The predicted octanol–water partition coefficient (Wildman–Crippen LogP) is 2.99. The first kappa shape index (κ1) is 18.6. The summed E-state index contributed by atoms with van der Waals surface area (Å²) in [6.45, 7) is 3.40. The van der Waals surface area contributed by atoms with Crippen molar-refractivity contribution in [3.05, 3.63) is 59.8 Å². The second-order valence-electron chi connectivity index (χ2n) is 8.54. The summed E-state index contributed by atoms with van der Waals surface area (Å²) >= 11 is 0. The second kappa shape index (κ2) is 7.21. The van der Waals surface area contributed by atoms with Crippen molar-refractivity contribution in [2.24, 2.45) is 21.4 Å². The highest BCUT2D eigenvalue weighted by Crippen LogP contribution is 2.39. The molecule has 7 rings (SSSR count). The van der Waals surface area contributed by atoms with Crippen LogP contribution in [0.1, 0.15) is 35.9 Å². The van der Waals surface area contributed by atoms with E-state index in [-0.39, 0.29) is 6.61 Å². The standard InChI is InChI=1S/C22H23N7O2/c30-12-15-1-3-16(4-2-15)18-9-21(31-13-18)22(14-23-26-25-22)20-11-29(27-24-20)19-10-28-7-5-17(19)6-8-28/h1-4,9,11,13-14,17,19,30H,5-8,10,12H2/t19-,22-/m0/s1. The summed E-state index contributed by atoms with van der Waals surface area (Å²) in [5.41, 5.74) is 2.43. The first-order chi connectivity index (χ1) is 15.2. The van der Waals surface area contributed by atoms with Crippen LogP contribution in [0.25, 0.3) is 11.1 Å². The SMILES string of the molecule is OCc1ccc(-c2coc([C@@]3(c4cn([C@H]5CN6CCC5CC6)nn4)C=NN=N3)c2)cc1. The lowest BCUT2D eigenvalue weighted by Crippen LogP contribution is -2.48. The van der Waals surface area contributed by atoms with Crippen molar-refractivity contribution in [1.29, 1.82) is 0 Å². The van der Waals surface area contributed by atoms with E-state index in [1.54, 1.807) is 12.5 Å². The minimum atomic E-state index is -1.00. The first-order valence-electron chi connectivity index (χ1n) is 10.7. The molecule has 0 aliphatic carbocycles. The Morgan fingerprint density at radius 2 is 1.97 bits per heavy atom. The van der Waals surface area contributed by atoms with E-state index in [1.165, 1.54) is 25.9 Å². The Morgan fingerprint density at radius 3 is 2.65 bits per heavy atom. The third-order valence-corrected chi connectivity index (χ3v) is 6.81. The summed E-state index contributed by atoms with van der Waals surface area (Å²) < 4.78 is 7.93. The van der Waals surface area contributed by atoms with Gasteiger partial charge < -0.3 is 14.4 Å². The van der Waals surface area contributed by atoms with Crippen LogP contribution in [0.3, 0.4) is 0 Å². The van der Waals surface area contributed by atoms with E-state index in [0.29, 0.717) is 23.4 Å². The zero-order chi connectivity index (χ0) is 20.8. The highest BCUT2D eigenvalue weighted by atomic mass is 16.3. The van der Waals surface area contributed by atoms with Crippen LogP contribution in [0.5, 0.6) is 0 Å². The van der Waals surface area contributed by atoms with Crippen molar-refractivity contribution >= 4 is 6.21 Å². The van der Waals surface area contributed by atoms with Crippen molar-refractivity contribution in [2.45, 2.75) is 31.0 Å². The second-order valence-corrected chi connectivity index (χ2v) is 8.54. The predicted molar refractivity (Wildman–Crippen MR) is 112 cm³/mol. The lowest BCUT2D eigenvalue weighted by Gasteiger charge is -2.44. The molecule has 4 aliphatic heterocycles. The van der Waals surface area contributed by atoms with Crippen molar-refractivity contribution in [3.8, 4) is 11.1 Å². The average Bonchev–Trinajstić information content (AvgIpc) is 3.61. The number of fused-ring (bicyclic) bond motifs is 3. The van der Waals surface area contributed by atoms with Gasteiger partial charge >= 0.3 is 0 Å². The molecule has 1 aromatic carbocycles. The largest absolute Gasteiger partial charge is 0.465 e. The number of rotatable bonds is 5. The van der Waals surface area contributed by atoms with Gasteiger partial charge in [-0.2, -0.15) is 0 Å². The number of aromatic nitrogens is 3. The maximum atomic E-state index is 9.26. The van der Waals surface area contributed by atoms with Crippen LogP contribution in [-0.2, 0) is 12.1 Å². The van der Waals surface area contributed by atoms with Gasteiger partial charge in [0.15, 0.2) is 0 Å². The molecule has 3 saturated heterocycles. The van der Waals surface area contributed by atoms with Gasteiger partial charge in [0.2, 0.25) is 5.54 Å². The quantitative estimate of drug-likeness (QED) is 0.687. The molecule has 0 unspecified atom stereocenters. The van der Waals surface area contributed by atoms with Gasteiger partial charge in [-0.25, -0.2) is 4.68 Å². The van der Waals surface area contributed by atoms with Gasteiger partial charge in [0.1, 0.15) is 11.5 Å². The van der Waals surface area contributed by atoms with Crippen molar-refractivity contribution < 1.29 is 9.52 Å². The Balaban J connectivity index is 1.33. The Kier molecular flexibility index (Phi) is 4.32. The maximum absolute atomic E-state index is 9.26. The van der Waals surface area contributed by atoms with E-state index < -0.39 is 5.54 Å². The van der Waals surface area contributed by atoms with Gasteiger partial charge in [-0.3, -0.25) is 0 Å². The lowest BCUT2D eigenvalue weighted by molar-refractivity contribution is 0.0503. The monoisotopic (exact) mass is 417 g/mol. The molecule has 1 N–H and O–H groups in total. The molecule has 0 amide bonds. The molecule has 0 spiro atoms. The number of furan rings is 1. The smallest absolute Gasteiger partial charge is 0.223 e. The van der Waals surface area contributed by atoms with E-state index >= 15 is 0 Å². The first-order valence-corrected chi connectivity index (χ1v) is 10.7. The van der Waals surface area contributed by atoms with Gasteiger partial charge in [0, 0.05) is 12.1 Å². The van der Waals surface area contributed by atoms with E-state index in [2.05, 4.69) is 30.7 Å². The summed E-state index contributed by atoms with van der Waals surface area (Å²) in [6, 6.07) is 10.00. The van der Waals surface area contributed by atoms with Crippen LogP contribution in [-0.4, -0.2) is 50.8 Å². The summed E-state index contributed by atoms with van der Waals surface area (Å²) in [4.78, 5) is 2.50. The molecule has 0 radical (unpaired) electrons. The third-order valence-electron chi connectivity index (χ3n) is 6.81. The zero-order valence-electron chi connectivity index (χ0n) is 17.0. The molecule has 6 heterocycles. The Labute approximate surface area is 179 Å². The van der Waals surface area contributed by atoms with Crippen LogP contribution >= 0.6 is 0 Å².